The summed E-state index contributed by atoms with van der Waals surface area (Å²) < 4.78 is 0. The van der Waals surface area contributed by atoms with E-state index in [-0.39, 0.29) is 0 Å². The van der Waals surface area contributed by atoms with Crippen LogP contribution in [-0.2, 0) is 0 Å². The van der Waals surface area contributed by atoms with Gasteiger partial charge in [0.05, 0.1) is 0 Å². The van der Waals surface area contributed by atoms with Gasteiger partial charge >= 0.3 is 0 Å². The topological polar surface area (TPSA) is 47.8 Å². The normalized spacial score (nSPS) is 9.65. The van der Waals surface area contributed by atoms with E-state index in [9.17, 15) is 0 Å². The van der Waals surface area contributed by atoms with Crippen LogP contribution >= 0.6 is 0 Å². The summed E-state index contributed by atoms with van der Waals surface area (Å²) in [5.74, 6) is 0. The first-order chi connectivity index (χ1) is 8.17. The van der Waals surface area contributed by atoms with Gasteiger partial charge in [0.1, 0.15) is 0 Å². The SMILES string of the molecule is C=C(/C=C/c1cccc(C(=C)NC)c1)NC#N. The molecule has 0 aliphatic heterocycles. The molecule has 0 radical (unpaired) electrons. The molecular formula is C14H15N3. The second-order valence-corrected chi connectivity index (χ2v) is 3.45. The van der Waals surface area contributed by atoms with Crippen molar-refractivity contribution in [2.75, 3.05) is 7.05 Å². The number of benzene rings is 1. The van der Waals surface area contributed by atoms with Crippen molar-refractivity contribution in [1.29, 1.82) is 5.26 Å². The molecule has 0 unspecified atom stereocenters. The van der Waals surface area contributed by atoms with Gasteiger partial charge in [-0.2, -0.15) is 5.26 Å². The third-order valence-electron chi connectivity index (χ3n) is 2.23. The van der Waals surface area contributed by atoms with Crippen molar-refractivity contribution in [2.45, 2.75) is 0 Å². The summed E-state index contributed by atoms with van der Waals surface area (Å²) in [6.07, 6.45) is 5.46. The van der Waals surface area contributed by atoms with Crippen molar-refractivity contribution in [3.8, 4) is 6.19 Å². The van der Waals surface area contributed by atoms with E-state index >= 15 is 0 Å². The quantitative estimate of drug-likeness (QED) is 0.460. The molecular weight excluding hydrogens is 210 g/mol. The lowest BCUT2D eigenvalue weighted by Gasteiger charge is -2.05. The van der Waals surface area contributed by atoms with Crippen molar-refractivity contribution < 1.29 is 0 Å². The molecule has 0 fully saturated rings. The lowest BCUT2D eigenvalue weighted by molar-refractivity contribution is 1.13. The molecule has 2 N–H and O–H groups in total. The zero-order chi connectivity index (χ0) is 12.7. The molecule has 0 aliphatic rings. The van der Waals surface area contributed by atoms with Crippen LogP contribution in [0.15, 0.2) is 49.2 Å². The first-order valence-corrected chi connectivity index (χ1v) is 5.16. The Hall–Kier alpha value is -2.47. The van der Waals surface area contributed by atoms with E-state index in [1.807, 2.05) is 43.6 Å². The fourth-order valence-corrected chi connectivity index (χ4v) is 1.28. The molecule has 1 aromatic carbocycles. The maximum absolute atomic E-state index is 8.41. The third-order valence-corrected chi connectivity index (χ3v) is 2.23. The van der Waals surface area contributed by atoms with E-state index in [1.165, 1.54) is 0 Å². The lowest BCUT2D eigenvalue weighted by Crippen LogP contribution is -2.02. The van der Waals surface area contributed by atoms with Gasteiger partial charge in [0, 0.05) is 18.4 Å². The number of nitrogens with zero attached hydrogens (tertiary/aromatic N) is 1. The average molecular weight is 225 g/mol. The Morgan fingerprint density at radius 1 is 1.41 bits per heavy atom. The predicted octanol–water partition coefficient (Wildman–Crippen LogP) is 2.47. The predicted molar refractivity (Wildman–Crippen MR) is 71.5 cm³/mol. The smallest absolute Gasteiger partial charge is 0.181 e. The summed E-state index contributed by atoms with van der Waals surface area (Å²) in [6, 6.07) is 7.92. The Morgan fingerprint density at radius 2 is 2.18 bits per heavy atom. The first kappa shape index (κ1) is 12.6. The van der Waals surface area contributed by atoms with Crippen molar-refractivity contribution in [3.05, 3.63) is 60.3 Å². The lowest BCUT2D eigenvalue weighted by atomic mass is 10.1. The van der Waals surface area contributed by atoms with Crippen LogP contribution in [0.5, 0.6) is 0 Å². The molecule has 0 atom stereocenters. The minimum absolute atomic E-state index is 0.561. The Bertz CT molecular complexity index is 492. The number of hydrogen-bond acceptors (Lipinski definition) is 3. The minimum atomic E-state index is 0.561. The largest absolute Gasteiger partial charge is 0.388 e. The molecule has 1 rings (SSSR count). The van der Waals surface area contributed by atoms with E-state index in [0.717, 1.165) is 16.8 Å². The van der Waals surface area contributed by atoms with Gasteiger partial charge in [0.25, 0.3) is 0 Å². The molecule has 0 aromatic heterocycles. The van der Waals surface area contributed by atoms with Crippen LogP contribution in [-0.4, -0.2) is 7.05 Å². The summed E-state index contributed by atoms with van der Waals surface area (Å²) in [5, 5.41) is 13.9. The maximum atomic E-state index is 8.41. The molecule has 3 nitrogen and oxygen atoms in total. The number of nitrogens with one attached hydrogen (secondary N) is 2. The molecule has 1 aromatic rings. The molecule has 3 heteroatoms. The highest BCUT2D eigenvalue weighted by molar-refractivity contribution is 5.65. The highest BCUT2D eigenvalue weighted by Gasteiger charge is 1.96. The zero-order valence-electron chi connectivity index (χ0n) is 9.83. The van der Waals surface area contributed by atoms with Gasteiger partial charge in [-0.25, -0.2) is 0 Å². The van der Waals surface area contributed by atoms with Gasteiger partial charge in [-0.3, -0.25) is 5.32 Å². The maximum Gasteiger partial charge on any atom is 0.181 e. The molecule has 0 amide bonds. The van der Waals surface area contributed by atoms with Crippen LogP contribution in [0.2, 0.25) is 0 Å². The second-order valence-electron chi connectivity index (χ2n) is 3.45. The van der Waals surface area contributed by atoms with Gasteiger partial charge in [-0.05, 0) is 23.3 Å². The highest BCUT2D eigenvalue weighted by atomic mass is 14.9. The van der Waals surface area contributed by atoms with Crippen molar-refractivity contribution in [3.63, 3.8) is 0 Å². The van der Waals surface area contributed by atoms with Gasteiger partial charge in [0.2, 0.25) is 0 Å². The summed E-state index contributed by atoms with van der Waals surface area (Å²) in [7, 11) is 1.84. The molecule has 0 saturated carbocycles. The van der Waals surface area contributed by atoms with Gasteiger partial charge < -0.3 is 5.32 Å². The van der Waals surface area contributed by atoms with Crippen LogP contribution in [0.4, 0.5) is 0 Å². The number of rotatable bonds is 5. The first-order valence-electron chi connectivity index (χ1n) is 5.16. The fourth-order valence-electron chi connectivity index (χ4n) is 1.28. The van der Waals surface area contributed by atoms with Gasteiger partial charge in [-0.1, -0.05) is 37.4 Å². The van der Waals surface area contributed by atoms with Crippen LogP contribution in [0.3, 0.4) is 0 Å². The van der Waals surface area contributed by atoms with Crippen LogP contribution in [0, 0.1) is 11.5 Å². The highest BCUT2D eigenvalue weighted by Crippen LogP contribution is 2.13. The molecule has 0 spiro atoms. The molecule has 0 bridgehead atoms. The number of nitriles is 1. The standard InChI is InChI=1S/C14H15N3/c1-11(17-10-15)7-8-13-5-4-6-14(9-13)12(2)16-3/h4-9,16-17H,1-2H2,3H3/b8-7+. The zero-order valence-corrected chi connectivity index (χ0v) is 9.83. The van der Waals surface area contributed by atoms with Crippen molar-refractivity contribution >= 4 is 11.8 Å². The summed E-state index contributed by atoms with van der Waals surface area (Å²) in [5.41, 5.74) is 3.49. The average Bonchev–Trinajstić information content (AvgIpc) is 2.36. The van der Waals surface area contributed by atoms with E-state index in [0.29, 0.717) is 5.70 Å². The van der Waals surface area contributed by atoms with Gasteiger partial charge in [-0.15, -0.1) is 0 Å². The van der Waals surface area contributed by atoms with E-state index in [1.54, 1.807) is 6.08 Å². The molecule has 86 valence electrons. The molecule has 0 aliphatic carbocycles. The van der Waals surface area contributed by atoms with Crippen LogP contribution in [0.25, 0.3) is 11.8 Å². The molecule has 17 heavy (non-hydrogen) atoms. The number of allylic oxidation sites excluding steroid dienone is 1. The monoisotopic (exact) mass is 225 g/mol. The molecule has 0 saturated heterocycles. The number of hydrogen-bond donors (Lipinski definition) is 2. The Labute approximate surface area is 102 Å². The summed E-state index contributed by atoms with van der Waals surface area (Å²) >= 11 is 0. The van der Waals surface area contributed by atoms with E-state index in [2.05, 4.69) is 23.8 Å². The molecule has 0 heterocycles. The Balaban J connectivity index is 2.83. The van der Waals surface area contributed by atoms with Crippen LogP contribution in [0.1, 0.15) is 11.1 Å². The van der Waals surface area contributed by atoms with Crippen molar-refractivity contribution in [1.82, 2.24) is 10.6 Å². The summed E-state index contributed by atoms with van der Waals surface area (Å²) in [6.45, 7) is 7.58. The third kappa shape index (κ3) is 3.88. The van der Waals surface area contributed by atoms with Crippen molar-refractivity contribution in [2.24, 2.45) is 0 Å². The fraction of sp³-hybridized carbons (Fsp3) is 0.0714. The summed E-state index contributed by atoms with van der Waals surface area (Å²) in [4.78, 5) is 0. The second kappa shape index (κ2) is 6.19. The Morgan fingerprint density at radius 3 is 2.82 bits per heavy atom. The Kier molecular flexibility index (Phi) is 4.58. The van der Waals surface area contributed by atoms with Crippen LogP contribution < -0.4 is 10.6 Å². The van der Waals surface area contributed by atoms with Gasteiger partial charge in [0.15, 0.2) is 6.19 Å². The minimum Gasteiger partial charge on any atom is -0.388 e. The van der Waals surface area contributed by atoms with E-state index < -0.39 is 0 Å². The van der Waals surface area contributed by atoms with E-state index in [4.69, 9.17) is 5.26 Å².